The summed E-state index contributed by atoms with van der Waals surface area (Å²) in [7, 11) is 0. The normalized spacial score (nSPS) is 17.4. The molecule has 1 atom stereocenters. The largest absolute Gasteiger partial charge is 0.460 e. The number of nitrogens with zero attached hydrogens (tertiary/aromatic N) is 3. The lowest BCUT2D eigenvalue weighted by Crippen LogP contribution is -2.30. The van der Waals surface area contributed by atoms with Crippen LogP contribution >= 0.6 is 0 Å². The summed E-state index contributed by atoms with van der Waals surface area (Å²) < 4.78 is 5.57. The summed E-state index contributed by atoms with van der Waals surface area (Å²) in [5.74, 6) is 1.44. The number of pyridine rings is 1. The standard InChI is InChI=1S/C18H18N4O2/c1-12-6-7-17(24-12)14-10-15(21-20-14)18(23)22-9-3-5-16(22)13-4-2-8-19-11-13/h2,4,6-8,10-11,16H,3,5,9H2,1H3,(H,20,21). The van der Waals surface area contributed by atoms with Crippen LogP contribution in [0.25, 0.3) is 11.5 Å². The second-order valence-corrected chi connectivity index (χ2v) is 6.02. The maximum absolute atomic E-state index is 12.9. The van der Waals surface area contributed by atoms with Gasteiger partial charge in [-0.3, -0.25) is 14.9 Å². The number of amides is 1. The SMILES string of the molecule is Cc1ccc(-c2cc(C(=O)N3CCCC3c3cccnc3)n[nH]2)o1. The van der Waals surface area contributed by atoms with Crippen molar-refractivity contribution in [2.45, 2.75) is 25.8 Å². The van der Waals surface area contributed by atoms with Gasteiger partial charge in [-0.15, -0.1) is 0 Å². The maximum atomic E-state index is 12.9. The number of hydrogen-bond donors (Lipinski definition) is 1. The Hall–Kier alpha value is -2.89. The molecule has 1 saturated heterocycles. The third-order valence-corrected chi connectivity index (χ3v) is 4.39. The van der Waals surface area contributed by atoms with Crippen LogP contribution in [0.4, 0.5) is 0 Å². The van der Waals surface area contributed by atoms with Crippen molar-refractivity contribution >= 4 is 5.91 Å². The topological polar surface area (TPSA) is 75.0 Å². The zero-order chi connectivity index (χ0) is 16.5. The van der Waals surface area contributed by atoms with Crippen molar-refractivity contribution in [1.29, 1.82) is 0 Å². The molecule has 0 bridgehead atoms. The molecule has 4 heterocycles. The minimum absolute atomic E-state index is 0.0628. The number of H-pyrrole nitrogens is 1. The van der Waals surface area contributed by atoms with Crippen LogP contribution in [0.1, 0.15) is 40.7 Å². The highest BCUT2D eigenvalue weighted by atomic mass is 16.3. The molecule has 0 saturated carbocycles. The second-order valence-electron chi connectivity index (χ2n) is 6.02. The second kappa shape index (κ2) is 5.96. The predicted octanol–water partition coefficient (Wildman–Crippen LogP) is 3.35. The van der Waals surface area contributed by atoms with Crippen LogP contribution in [-0.2, 0) is 0 Å². The Kier molecular flexibility index (Phi) is 3.65. The van der Waals surface area contributed by atoms with Crippen LogP contribution < -0.4 is 0 Å². The molecule has 6 heteroatoms. The predicted molar refractivity (Wildman–Crippen MR) is 88.3 cm³/mol. The molecule has 1 aliphatic rings. The van der Waals surface area contributed by atoms with E-state index in [9.17, 15) is 4.79 Å². The summed E-state index contributed by atoms with van der Waals surface area (Å²) in [4.78, 5) is 18.9. The van der Waals surface area contributed by atoms with Gasteiger partial charge in [0.1, 0.15) is 11.5 Å². The molecule has 3 aromatic rings. The average Bonchev–Trinajstić information content (AvgIpc) is 3.35. The summed E-state index contributed by atoms with van der Waals surface area (Å²) in [5, 5.41) is 7.07. The van der Waals surface area contributed by atoms with Crippen LogP contribution in [0.15, 0.2) is 47.1 Å². The van der Waals surface area contributed by atoms with Gasteiger partial charge in [0, 0.05) is 25.0 Å². The first-order valence-corrected chi connectivity index (χ1v) is 8.05. The number of furan rings is 1. The Balaban J connectivity index is 1.58. The van der Waals surface area contributed by atoms with Crippen molar-refractivity contribution in [3.05, 3.63) is 59.7 Å². The summed E-state index contributed by atoms with van der Waals surface area (Å²) in [6.07, 6.45) is 5.51. The highest BCUT2D eigenvalue weighted by Crippen LogP contribution is 2.32. The van der Waals surface area contributed by atoms with Gasteiger partial charge in [0.05, 0.1) is 6.04 Å². The number of aromatic amines is 1. The highest BCUT2D eigenvalue weighted by molar-refractivity contribution is 5.93. The van der Waals surface area contributed by atoms with E-state index in [1.54, 1.807) is 12.3 Å². The number of hydrogen-bond acceptors (Lipinski definition) is 4. The molecule has 0 spiro atoms. The molecule has 1 amide bonds. The number of carbonyl (C=O) groups is 1. The van der Waals surface area contributed by atoms with E-state index in [2.05, 4.69) is 15.2 Å². The molecule has 4 rings (SSSR count). The molecular weight excluding hydrogens is 304 g/mol. The van der Waals surface area contributed by atoms with Crippen molar-refractivity contribution in [3.8, 4) is 11.5 Å². The molecule has 1 unspecified atom stereocenters. The third kappa shape index (κ3) is 2.60. The van der Waals surface area contributed by atoms with E-state index in [0.29, 0.717) is 17.1 Å². The fourth-order valence-electron chi connectivity index (χ4n) is 3.21. The summed E-state index contributed by atoms with van der Waals surface area (Å²) in [6, 6.07) is 9.49. The lowest BCUT2D eigenvalue weighted by atomic mass is 10.1. The van der Waals surface area contributed by atoms with Gasteiger partial charge in [0.25, 0.3) is 5.91 Å². The summed E-state index contributed by atoms with van der Waals surface area (Å²) >= 11 is 0. The van der Waals surface area contributed by atoms with Gasteiger partial charge in [-0.25, -0.2) is 0 Å². The Morgan fingerprint density at radius 2 is 2.29 bits per heavy atom. The lowest BCUT2D eigenvalue weighted by Gasteiger charge is -2.23. The smallest absolute Gasteiger partial charge is 0.274 e. The Morgan fingerprint density at radius 1 is 1.38 bits per heavy atom. The van der Waals surface area contributed by atoms with Crippen molar-refractivity contribution in [2.75, 3.05) is 6.54 Å². The molecule has 24 heavy (non-hydrogen) atoms. The fourth-order valence-corrected chi connectivity index (χ4v) is 3.21. The minimum atomic E-state index is -0.0628. The van der Waals surface area contributed by atoms with E-state index in [-0.39, 0.29) is 11.9 Å². The quantitative estimate of drug-likeness (QED) is 0.802. The molecule has 0 aliphatic carbocycles. The highest BCUT2D eigenvalue weighted by Gasteiger charge is 2.32. The molecule has 1 aliphatic heterocycles. The van der Waals surface area contributed by atoms with Crippen LogP contribution in [0.3, 0.4) is 0 Å². The van der Waals surface area contributed by atoms with Crippen molar-refractivity contribution in [2.24, 2.45) is 0 Å². The molecule has 6 nitrogen and oxygen atoms in total. The van der Waals surface area contributed by atoms with Gasteiger partial charge in [0.2, 0.25) is 0 Å². The van der Waals surface area contributed by atoms with E-state index < -0.39 is 0 Å². The lowest BCUT2D eigenvalue weighted by molar-refractivity contribution is 0.0729. The zero-order valence-electron chi connectivity index (χ0n) is 13.4. The van der Waals surface area contributed by atoms with Gasteiger partial charge in [-0.05, 0) is 43.5 Å². The van der Waals surface area contributed by atoms with Crippen molar-refractivity contribution in [3.63, 3.8) is 0 Å². The molecule has 0 radical (unpaired) electrons. The molecule has 122 valence electrons. The van der Waals surface area contributed by atoms with Crippen LogP contribution in [0, 0.1) is 6.92 Å². The van der Waals surface area contributed by atoms with Gasteiger partial charge < -0.3 is 9.32 Å². The van der Waals surface area contributed by atoms with E-state index in [0.717, 1.165) is 30.7 Å². The zero-order valence-corrected chi connectivity index (χ0v) is 13.4. The number of carbonyl (C=O) groups excluding carboxylic acids is 1. The van der Waals surface area contributed by atoms with E-state index in [4.69, 9.17) is 4.42 Å². The molecular formula is C18H18N4O2. The van der Waals surface area contributed by atoms with Crippen LogP contribution in [0.2, 0.25) is 0 Å². The Bertz CT molecular complexity index is 853. The van der Waals surface area contributed by atoms with Crippen molar-refractivity contribution in [1.82, 2.24) is 20.1 Å². The van der Waals surface area contributed by atoms with Gasteiger partial charge in [-0.1, -0.05) is 6.07 Å². The van der Waals surface area contributed by atoms with Gasteiger partial charge in [0.15, 0.2) is 11.5 Å². The van der Waals surface area contributed by atoms with Crippen molar-refractivity contribution < 1.29 is 9.21 Å². The van der Waals surface area contributed by atoms with Gasteiger partial charge >= 0.3 is 0 Å². The Morgan fingerprint density at radius 3 is 3.04 bits per heavy atom. The van der Waals surface area contributed by atoms with E-state index in [1.807, 2.05) is 42.3 Å². The minimum Gasteiger partial charge on any atom is -0.460 e. The molecule has 0 aromatic carbocycles. The summed E-state index contributed by atoms with van der Waals surface area (Å²) in [6.45, 7) is 2.62. The third-order valence-electron chi connectivity index (χ3n) is 4.39. The first-order valence-electron chi connectivity index (χ1n) is 8.05. The molecule has 3 aromatic heterocycles. The number of rotatable bonds is 3. The van der Waals surface area contributed by atoms with E-state index >= 15 is 0 Å². The monoisotopic (exact) mass is 322 g/mol. The van der Waals surface area contributed by atoms with E-state index in [1.165, 1.54) is 0 Å². The number of aromatic nitrogens is 3. The fraction of sp³-hybridized carbons (Fsp3) is 0.278. The molecule has 1 fully saturated rings. The number of aryl methyl sites for hydroxylation is 1. The maximum Gasteiger partial charge on any atom is 0.274 e. The first-order chi connectivity index (χ1) is 11.7. The average molecular weight is 322 g/mol. The Labute approximate surface area is 139 Å². The number of nitrogens with one attached hydrogen (secondary N) is 1. The van der Waals surface area contributed by atoms with Crippen LogP contribution in [0.5, 0.6) is 0 Å². The number of likely N-dealkylation sites (tertiary alicyclic amines) is 1. The molecule has 1 N–H and O–H groups in total. The summed E-state index contributed by atoms with van der Waals surface area (Å²) in [5.41, 5.74) is 2.19. The first kappa shape index (κ1) is 14.7. The van der Waals surface area contributed by atoms with Gasteiger partial charge in [-0.2, -0.15) is 5.10 Å². The van der Waals surface area contributed by atoms with Crippen LogP contribution in [-0.4, -0.2) is 32.5 Å².